The number of hydrogen-bond donors (Lipinski definition) is 0. The summed E-state index contributed by atoms with van der Waals surface area (Å²) in [5.74, 6) is -0.861. The van der Waals surface area contributed by atoms with Gasteiger partial charge in [0, 0.05) is 7.11 Å². The SMILES string of the molecule is COCOc1c(C=O)ccc(OCc2ccccc2)c1F. The van der Waals surface area contributed by atoms with Crippen LogP contribution < -0.4 is 9.47 Å². The number of aldehydes is 1. The van der Waals surface area contributed by atoms with Gasteiger partial charge in [0.1, 0.15) is 6.61 Å². The van der Waals surface area contributed by atoms with Gasteiger partial charge in [0.2, 0.25) is 5.82 Å². The Kier molecular flexibility index (Phi) is 5.29. The molecule has 0 spiro atoms. The number of ether oxygens (including phenoxy) is 3. The molecule has 0 aliphatic heterocycles. The van der Waals surface area contributed by atoms with Gasteiger partial charge < -0.3 is 14.2 Å². The Hall–Kier alpha value is -2.40. The van der Waals surface area contributed by atoms with E-state index in [1.165, 1.54) is 19.2 Å². The highest BCUT2D eigenvalue weighted by Crippen LogP contribution is 2.30. The second-order valence-electron chi connectivity index (χ2n) is 4.24. The highest BCUT2D eigenvalue weighted by atomic mass is 19.1. The first-order chi connectivity index (χ1) is 10.3. The van der Waals surface area contributed by atoms with Crippen molar-refractivity contribution in [3.8, 4) is 11.5 Å². The summed E-state index contributed by atoms with van der Waals surface area (Å²) in [4.78, 5) is 10.9. The molecule has 0 aliphatic carbocycles. The zero-order valence-corrected chi connectivity index (χ0v) is 11.5. The van der Waals surface area contributed by atoms with Crippen molar-refractivity contribution in [3.63, 3.8) is 0 Å². The predicted molar refractivity (Wildman–Crippen MR) is 75.1 cm³/mol. The van der Waals surface area contributed by atoms with Crippen LogP contribution in [0.2, 0.25) is 0 Å². The molecule has 0 saturated carbocycles. The van der Waals surface area contributed by atoms with Crippen molar-refractivity contribution in [1.82, 2.24) is 0 Å². The van der Waals surface area contributed by atoms with Gasteiger partial charge in [0.05, 0.1) is 5.56 Å². The highest BCUT2D eigenvalue weighted by molar-refractivity contribution is 5.80. The molecule has 0 aromatic heterocycles. The van der Waals surface area contributed by atoms with Gasteiger partial charge in [-0.25, -0.2) is 0 Å². The van der Waals surface area contributed by atoms with Gasteiger partial charge in [-0.1, -0.05) is 30.3 Å². The zero-order valence-electron chi connectivity index (χ0n) is 11.5. The Morgan fingerprint density at radius 2 is 1.86 bits per heavy atom. The number of hydrogen-bond acceptors (Lipinski definition) is 4. The lowest BCUT2D eigenvalue weighted by Gasteiger charge is -2.12. The first-order valence-corrected chi connectivity index (χ1v) is 6.32. The van der Waals surface area contributed by atoms with Crippen LogP contribution in [0.3, 0.4) is 0 Å². The molecular weight excluding hydrogens is 275 g/mol. The van der Waals surface area contributed by atoms with E-state index >= 15 is 0 Å². The van der Waals surface area contributed by atoms with E-state index in [9.17, 15) is 9.18 Å². The molecule has 0 atom stereocenters. The van der Waals surface area contributed by atoms with Crippen molar-refractivity contribution >= 4 is 6.29 Å². The van der Waals surface area contributed by atoms with Crippen LogP contribution in [-0.2, 0) is 11.3 Å². The van der Waals surface area contributed by atoms with Gasteiger partial charge >= 0.3 is 0 Å². The number of methoxy groups -OCH3 is 1. The largest absolute Gasteiger partial charge is 0.486 e. The van der Waals surface area contributed by atoms with Crippen LogP contribution in [-0.4, -0.2) is 20.2 Å². The number of rotatable bonds is 7. The maximum absolute atomic E-state index is 14.3. The summed E-state index contributed by atoms with van der Waals surface area (Å²) in [6.07, 6.45) is 0.523. The van der Waals surface area contributed by atoms with E-state index in [1.54, 1.807) is 0 Å². The van der Waals surface area contributed by atoms with E-state index < -0.39 is 5.82 Å². The predicted octanol–water partition coefficient (Wildman–Crippen LogP) is 3.20. The molecule has 5 heteroatoms. The summed E-state index contributed by atoms with van der Waals surface area (Å²) < 4.78 is 29.5. The Bertz CT molecular complexity index is 599. The number of benzene rings is 2. The van der Waals surface area contributed by atoms with Crippen LogP contribution in [0.4, 0.5) is 4.39 Å². The van der Waals surface area contributed by atoms with Gasteiger partial charge in [-0.3, -0.25) is 4.79 Å². The van der Waals surface area contributed by atoms with Gasteiger partial charge in [-0.05, 0) is 17.7 Å². The third kappa shape index (κ3) is 3.79. The van der Waals surface area contributed by atoms with Crippen LogP contribution >= 0.6 is 0 Å². The molecule has 2 aromatic rings. The van der Waals surface area contributed by atoms with E-state index in [1.807, 2.05) is 30.3 Å². The van der Waals surface area contributed by atoms with Crippen molar-refractivity contribution in [1.29, 1.82) is 0 Å². The molecule has 0 saturated heterocycles. The molecule has 21 heavy (non-hydrogen) atoms. The van der Waals surface area contributed by atoms with E-state index in [4.69, 9.17) is 14.2 Å². The van der Waals surface area contributed by atoms with Gasteiger partial charge in [-0.15, -0.1) is 0 Å². The Morgan fingerprint density at radius 3 is 2.52 bits per heavy atom. The zero-order chi connectivity index (χ0) is 15.1. The maximum atomic E-state index is 14.3. The number of carbonyl (C=O) groups excluding carboxylic acids is 1. The summed E-state index contributed by atoms with van der Waals surface area (Å²) in [5, 5.41) is 0. The van der Waals surface area contributed by atoms with Crippen LogP contribution in [0.25, 0.3) is 0 Å². The molecule has 2 rings (SSSR count). The summed E-state index contributed by atoms with van der Waals surface area (Å²) in [6.45, 7) is 0.0712. The van der Waals surface area contributed by atoms with Crippen LogP contribution in [0.15, 0.2) is 42.5 Å². The van der Waals surface area contributed by atoms with Gasteiger partial charge in [0.15, 0.2) is 24.6 Å². The maximum Gasteiger partial charge on any atom is 0.207 e. The lowest BCUT2D eigenvalue weighted by Crippen LogP contribution is -2.05. The van der Waals surface area contributed by atoms with Gasteiger partial charge in [0.25, 0.3) is 0 Å². The van der Waals surface area contributed by atoms with Crippen LogP contribution in [0.5, 0.6) is 11.5 Å². The molecule has 110 valence electrons. The second kappa shape index (κ2) is 7.40. The quantitative estimate of drug-likeness (QED) is 0.580. The summed E-state index contributed by atoms with van der Waals surface area (Å²) >= 11 is 0. The highest BCUT2D eigenvalue weighted by Gasteiger charge is 2.16. The normalized spacial score (nSPS) is 10.2. The van der Waals surface area contributed by atoms with E-state index in [-0.39, 0.29) is 30.5 Å². The number of halogens is 1. The first-order valence-electron chi connectivity index (χ1n) is 6.32. The molecular formula is C16H15FO4. The van der Waals surface area contributed by atoms with E-state index in [0.29, 0.717) is 6.29 Å². The minimum Gasteiger partial charge on any atom is -0.486 e. The molecule has 2 aromatic carbocycles. The summed E-state index contributed by atoms with van der Waals surface area (Å²) in [5.41, 5.74) is 1.02. The first kappa shape index (κ1) is 15.0. The fourth-order valence-electron chi connectivity index (χ4n) is 1.76. The Labute approximate surface area is 122 Å². The second-order valence-corrected chi connectivity index (χ2v) is 4.24. The van der Waals surface area contributed by atoms with Gasteiger partial charge in [-0.2, -0.15) is 4.39 Å². The van der Waals surface area contributed by atoms with Crippen molar-refractivity contribution < 1.29 is 23.4 Å². The Balaban J connectivity index is 2.18. The molecule has 0 N–H and O–H groups in total. The molecule has 0 unspecified atom stereocenters. The average molecular weight is 290 g/mol. The minimum atomic E-state index is -0.715. The standard InChI is InChI=1S/C16H15FO4/c1-19-11-21-16-13(9-18)7-8-14(15(16)17)20-10-12-5-3-2-4-6-12/h2-9H,10-11H2,1H3. The lowest BCUT2D eigenvalue weighted by atomic mass is 10.2. The minimum absolute atomic E-state index is 0.0237. The van der Waals surface area contributed by atoms with Crippen molar-refractivity contribution in [2.24, 2.45) is 0 Å². The average Bonchev–Trinajstić information content (AvgIpc) is 2.53. The van der Waals surface area contributed by atoms with E-state index in [0.717, 1.165) is 5.56 Å². The molecule has 0 fully saturated rings. The van der Waals surface area contributed by atoms with Crippen molar-refractivity contribution in [2.75, 3.05) is 13.9 Å². The molecule has 0 radical (unpaired) electrons. The monoisotopic (exact) mass is 290 g/mol. The lowest BCUT2D eigenvalue weighted by molar-refractivity contribution is 0.0472. The smallest absolute Gasteiger partial charge is 0.207 e. The fourth-order valence-corrected chi connectivity index (χ4v) is 1.76. The van der Waals surface area contributed by atoms with Crippen molar-refractivity contribution in [3.05, 3.63) is 59.4 Å². The third-order valence-corrected chi connectivity index (χ3v) is 2.78. The fraction of sp³-hybridized carbons (Fsp3) is 0.188. The molecule has 0 aliphatic rings. The molecule has 0 bridgehead atoms. The van der Waals surface area contributed by atoms with Crippen molar-refractivity contribution in [2.45, 2.75) is 6.61 Å². The topological polar surface area (TPSA) is 44.8 Å². The molecule has 0 amide bonds. The summed E-state index contributed by atoms with van der Waals surface area (Å²) in [7, 11) is 1.41. The van der Waals surface area contributed by atoms with Crippen LogP contribution in [0, 0.1) is 5.82 Å². The van der Waals surface area contributed by atoms with E-state index in [2.05, 4.69) is 0 Å². The molecule has 4 nitrogen and oxygen atoms in total. The Morgan fingerprint density at radius 1 is 1.10 bits per heavy atom. The summed E-state index contributed by atoms with van der Waals surface area (Å²) in [6, 6.07) is 12.2. The van der Waals surface area contributed by atoms with Crippen LogP contribution in [0.1, 0.15) is 15.9 Å². The third-order valence-electron chi connectivity index (χ3n) is 2.78. The molecule has 0 heterocycles. The number of carbonyl (C=O) groups is 1.